The Morgan fingerprint density at radius 3 is 2.47 bits per heavy atom. The van der Waals surface area contributed by atoms with Crippen LogP contribution in [-0.4, -0.2) is 34.8 Å². The van der Waals surface area contributed by atoms with Crippen molar-refractivity contribution in [3.8, 4) is 0 Å². The van der Waals surface area contributed by atoms with Crippen molar-refractivity contribution in [1.29, 1.82) is 0 Å². The molecule has 0 bridgehead atoms. The second-order valence-electron chi connectivity index (χ2n) is 4.15. The summed E-state index contributed by atoms with van der Waals surface area (Å²) >= 11 is 0. The number of carbonyl (C=O) groups is 2. The fraction of sp³-hybridized carbons (Fsp3) is 0.818. The normalized spacial score (nSPS) is 28.9. The van der Waals surface area contributed by atoms with Crippen molar-refractivity contribution in [2.45, 2.75) is 58.7 Å². The van der Waals surface area contributed by atoms with E-state index in [1.807, 2.05) is 20.8 Å². The van der Waals surface area contributed by atoms with Gasteiger partial charge in [-0.05, 0) is 26.7 Å². The standard InChI is InChI=1S/C11H20N2O2/c1-5-7(3)13-8(4)10(14)12-9(6-2)11(13)15/h7-9H,5-6H2,1-4H3,(H,12,14). The largest absolute Gasteiger partial charge is 0.343 e. The molecule has 86 valence electrons. The van der Waals surface area contributed by atoms with Gasteiger partial charge in [0, 0.05) is 6.04 Å². The molecule has 1 N–H and O–H groups in total. The van der Waals surface area contributed by atoms with Gasteiger partial charge < -0.3 is 10.2 Å². The van der Waals surface area contributed by atoms with Crippen LogP contribution in [0.15, 0.2) is 0 Å². The van der Waals surface area contributed by atoms with E-state index >= 15 is 0 Å². The molecule has 1 rings (SSSR count). The van der Waals surface area contributed by atoms with Crippen molar-refractivity contribution in [2.24, 2.45) is 0 Å². The first-order valence-electron chi connectivity index (χ1n) is 5.65. The molecule has 4 nitrogen and oxygen atoms in total. The molecule has 0 aromatic carbocycles. The van der Waals surface area contributed by atoms with Gasteiger partial charge in [0.2, 0.25) is 11.8 Å². The number of piperazine rings is 1. The number of rotatable bonds is 3. The Labute approximate surface area is 91.0 Å². The molecule has 0 aromatic heterocycles. The Balaban J connectivity index is 2.89. The number of carbonyl (C=O) groups excluding carboxylic acids is 2. The van der Waals surface area contributed by atoms with Gasteiger partial charge >= 0.3 is 0 Å². The van der Waals surface area contributed by atoms with Crippen LogP contribution < -0.4 is 5.32 Å². The Hall–Kier alpha value is -1.06. The molecule has 1 saturated heterocycles. The van der Waals surface area contributed by atoms with E-state index in [0.717, 1.165) is 6.42 Å². The molecule has 15 heavy (non-hydrogen) atoms. The molecule has 0 radical (unpaired) electrons. The zero-order valence-electron chi connectivity index (χ0n) is 9.91. The van der Waals surface area contributed by atoms with Crippen LogP contribution in [-0.2, 0) is 9.59 Å². The van der Waals surface area contributed by atoms with E-state index < -0.39 is 0 Å². The van der Waals surface area contributed by atoms with E-state index in [1.54, 1.807) is 11.8 Å². The third kappa shape index (κ3) is 2.13. The molecule has 1 aliphatic heterocycles. The molecule has 0 spiro atoms. The fourth-order valence-corrected chi connectivity index (χ4v) is 1.92. The van der Waals surface area contributed by atoms with Crippen LogP contribution in [0.4, 0.5) is 0 Å². The summed E-state index contributed by atoms with van der Waals surface area (Å²) in [5.41, 5.74) is 0. The fourth-order valence-electron chi connectivity index (χ4n) is 1.92. The van der Waals surface area contributed by atoms with E-state index in [4.69, 9.17) is 0 Å². The summed E-state index contributed by atoms with van der Waals surface area (Å²) in [5.74, 6) is 0.0145. The Kier molecular flexibility index (Phi) is 3.72. The molecule has 2 amide bonds. The highest BCUT2D eigenvalue weighted by molar-refractivity contribution is 5.96. The average molecular weight is 212 g/mol. The minimum absolute atomic E-state index is 0.0400. The summed E-state index contributed by atoms with van der Waals surface area (Å²) in [7, 11) is 0. The predicted octanol–water partition coefficient (Wildman–Crippen LogP) is 0.910. The second kappa shape index (κ2) is 4.64. The van der Waals surface area contributed by atoms with Gasteiger partial charge in [0.15, 0.2) is 0 Å². The number of hydrogen-bond acceptors (Lipinski definition) is 2. The third-order valence-electron chi connectivity index (χ3n) is 3.14. The van der Waals surface area contributed by atoms with Gasteiger partial charge in [-0.2, -0.15) is 0 Å². The summed E-state index contributed by atoms with van der Waals surface area (Å²) in [5, 5.41) is 2.74. The molecule has 0 saturated carbocycles. The van der Waals surface area contributed by atoms with Gasteiger partial charge in [0.25, 0.3) is 0 Å². The highest BCUT2D eigenvalue weighted by Gasteiger charge is 2.38. The van der Waals surface area contributed by atoms with Crippen molar-refractivity contribution in [1.82, 2.24) is 10.2 Å². The zero-order valence-corrected chi connectivity index (χ0v) is 9.91. The van der Waals surface area contributed by atoms with Crippen molar-refractivity contribution < 1.29 is 9.59 Å². The zero-order chi connectivity index (χ0) is 11.6. The average Bonchev–Trinajstić information content (AvgIpc) is 2.23. The summed E-state index contributed by atoms with van der Waals surface area (Å²) < 4.78 is 0. The van der Waals surface area contributed by atoms with Crippen LogP contribution in [0.3, 0.4) is 0 Å². The smallest absolute Gasteiger partial charge is 0.246 e. The number of amides is 2. The molecule has 1 heterocycles. The lowest BCUT2D eigenvalue weighted by molar-refractivity contribution is -0.151. The molecule has 3 atom stereocenters. The van der Waals surface area contributed by atoms with Crippen LogP contribution >= 0.6 is 0 Å². The molecule has 1 aliphatic rings. The molecular formula is C11H20N2O2. The highest BCUT2D eigenvalue weighted by atomic mass is 16.2. The molecule has 4 heteroatoms. The summed E-state index contributed by atoms with van der Waals surface area (Å²) in [6.07, 6.45) is 1.53. The van der Waals surface area contributed by atoms with Crippen molar-refractivity contribution >= 4 is 11.8 Å². The first-order valence-corrected chi connectivity index (χ1v) is 5.65. The SMILES string of the molecule is CCC1NC(=O)C(C)N(C(C)CC)C1=O. The van der Waals surface area contributed by atoms with Gasteiger partial charge in [0.05, 0.1) is 0 Å². The van der Waals surface area contributed by atoms with Crippen molar-refractivity contribution in [3.63, 3.8) is 0 Å². The minimum atomic E-state index is -0.338. The lowest BCUT2D eigenvalue weighted by atomic mass is 10.0. The summed E-state index contributed by atoms with van der Waals surface area (Å²) in [4.78, 5) is 25.4. The Morgan fingerprint density at radius 2 is 2.00 bits per heavy atom. The Bertz CT molecular complexity index is 265. The monoisotopic (exact) mass is 212 g/mol. The van der Waals surface area contributed by atoms with E-state index in [2.05, 4.69) is 5.32 Å². The van der Waals surface area contributed by atoms with Gasteiger partial charge in [-0.3, -0.25) is 9.59 Å². The second-order valence-corrected chi connectivity index (χ2v) is 4.15. The van der Waals surface area contributed by atoms with Crippen molar-refractivity contribution in [3.05, 3.63) is 0 Å². The minimum Gasteiger partial charge on any atom is -0.343 e. The van der Waals surface area contributed by atoms with E-state index in [0.29, 0.717) is 6.42 Å². The van der Waals surface area contributed by atoms with Gasteiger partial charge in [-0.1, -0.05) is 13.8 Å². The van der Waals surface area contributed by atoms with Crippen molar-refractivity contribution in [2.75, 3.05) is 0 Å². The lowest BCUT2D eigenvalue weighted by Crippen LogP contribution is -2.64. The van der Waals surface area contributed by atoms with Gasteiger partial charge in [-0.25, -0.2) is 0 Å². The number of nitrogens with one attached hydrogen (secondary N) is 1. The molecule has 3 unspecified atom stereocenters. The van der Waals surface area contributed by atoms with E-state index in [9.17, 15) is 9.59 Å². The molecule has 1 fully saturated rings. The van der Waals surface area contributed by atoms with Crippen LogP contribution in [0, 0.1) is 0 Å². The summed E-state index contributed by atoms with van der Waals surface area (Å²) in [6.45, 7) is 7.71. The van der Waals surface area contributed by atoms with Gasteiger partial charge in [0.1, 0.15) is 12.1 Å². The maximum Gasteiger partial charge on any atom is 0.246 e. The van der Waals surface area contributed by atoms with E-state index in [-0.39, 0.29) is 29.9 Å². The third-order valence-corrected chi connectivity index (χ3v) is 3.14. The summed E-state index contributed by atoms with van der Waals surface area (Å²) in [6, 6.07) is -0.537. The van der Waals surface area contributed by atoms with Crippen LogP contribution in [0.5, 0.6) is 0 Å². The van der Waals surface area contributed by atoms with Crippen LogP contribution in [0.2, 0.25) is 0 Å². The Morgan fingerprint density at radius 1 is 1.40 bits per heavy atom. The number of hydrogen-bond donors (Lipinski definition) is 1. The highest BCUT2D eigenvalue weighted by Crippen LogP contribution is 2.16. The molecular weight excluding hydrogens is 192 g/mol. The maximum atomic E-state index is 12.0. The quantitative estimate of drug-likeness (QED) is 0.756. The first-order chi connectivity index (χ1) is 7.02. The first kappa shape index (κ1) is 12.0. The maximum absolute atomic E-state index is 12.0. The van der Waals surface area contributed by atoms with E-state index in [1.165, 1.54) is 0 Å². The molecule has 0 aliphatic carbocycles. The van der Waals surface area contributed by atoms with Gasteiger partial charge in [-0.15, -0.1) is 0 Å². The molecule has 0 aromatic rings. The number of nitrogens with zero attached hydrogens (tertiary/aromatic N) is 1. The lowest BCUT2D eigenvalue weighted by Gasteiger charge is -2.40. The van der Waals surface area contributed by atoms with Crippen LogP contribution in [0.25, 0.3) is 0 Å². The topological polar surface area (TPSA) is 49.4 Å². The predicted molar refractivity (Wildman–Crippen MR) is 58.3 cm³/mol. The van der Waals surface area contributed by atoms with Crippen LogP contribution in [0.1, 0.15) is 40.5 Å².